The van der Waals surface area contributed by atoms with Gasteiger partial charge in [0.05, 0.1) is 0 Å². The van der Waals surface area contributed by atoms with Gasteiger partial charge in [0.25, 0.3) is 0 Å². The maximum absolute atomic E-state index is 11.8. The molecule has 0 aromatic rings. The second kappa shape index (κ2) is 8.59. The van der Waals surface area contributed by atoms with Crippen LogP contribution in [-0.2, 0) is 4.74 Å². The number of likely N-dealkylation sites (tertiary alicyclic amines) is 1. The van der Waals surface area contributed by atoms with Gasteiger partial charge < -0.3 is 19.6 Å². The first kappa shape index (κ1) is 18.2. The lowest BCUT2D eigenvalue weighted by Gasteiger charge is -2.32. The Hall–Kier alpha value is -0.810. The topological polar surface area (TPSA) is 53.0 Å². The van der Waals surface area contributed by atoms with E-state index >= 15 is 0 Å². The van der Waals surface area contributed by atoms with Crippen LogP contribution < -0.4 is 0 Å². The van der Waals surface area contributed by atoms with Gasteiger partial charge in [0.15, 0.2) is 0 Å². The molecule has 0 atom stereocenters. The lowest BCUT2D eigenvalue weighted by molar-refractivity contribution is 0.0291. The first-order valence-corrected chi connectivity index (χ1v) is 8.09. The zero-order chi connectivity index (χ0) is 15.9. The van der Waals surface area contributed by atoms with Crippen LogP contribution in [0.2, 0.25) is 0 Å². The fraction of sp³-hybridized carbons (Fsp3) is 0.938. The number of hydrogen-bond acceptors (Lipinski definition) is 4. The van der Waals surface area contributed by atoms with Gasteiger partial charge in [0.1, 0.15) is 5.60 Å². The highest BCUT2D eigenvalue weighted by molar-refractivity contribution is 5.67. The molecule has 1 N–H and O–H groups in total. The van der Waals surface area contributed by atoms with E-state index in [0.717, 1.165) is 39.0 Å². The predicted molar refractivity (Wildman–Crippen MR) is 84.3 cm³/mol. The van der Waals surface area contributed by atoms with Gasteiger partial charge in [-0.05, 0) is 72.0 Å². The van der Waals surface area contributed by atoms with Crippen molar-refractivity contribution in [3.05, 3.63) is 0 Å². The zero-order valence-electron chi connectivity index (χ0n) is 14.1. The van der Waals surface area contributed by atoms with Crippen LogP contribution in [0.1, 0.15) is 46.5 Å². The summed E-state index contributed by atoms with van der Waals surface area (Å²) < 4.78 is 5.33. The molecule has 0 radical (unpaired) electrons. The summed E-state index contributed by atoms with van der Waals surface area (Å²) in [6.07, 6.45) is 4.03. The van der Waals surface area contributed by atoms with Crippen molar-refractivity contribution in [2.75, 3.05) is 39.8 Å². The largest absolute Gasteiger partial charge is 0.444 e. The van der Waals surface area contributed by atoms with E-state index in [1.54, 1.807) is 11.9 Å². The van der Waals surface area contributed by atoms with Gasteiger partial charge in [-0.25, -0.2) is 4.79 Å². The molecular weight excluding hydrogens is 268 g/mol. The monoisotopic (exact) mass is 300 g/mol. The molecule has 124 valence electrons. The van der Waals surface area contributed by atoms with Crippen LogP contribution in [-0.4, -0.2) is 66.4 Å². The van der Waals surface area contributed by atoms with Crippen LogP contribution in [0.15, 0.2) is 0 Å². The van der Waals surface area contributed by atoms with Gasteiger partial charge in [-0.3, -0.25) is 0 Å². The van der Waals surface area contributed by atoms with Crippen LogP contribution in [0.5, 0.6) is 0 Å². The fourth-order valence-corrected chi connectivity index (χ4v) is 2.64. The molecule has 1 fully saturated rings. The Labute approximate surface area is 129 Å². The van der Waals surface area contributed by atoms with Crippen molar-refractivity contribution in [1.82, 2.24) is 9.80 Å². The van der Waals surface area contributed by atoms with E-state index in [2.05, 4.69) is 4.90 Å². The van der Waals surface area contributed by atoms with E-state index in [9.17, 15) is 4.79 Å². The van der Waals surface area contributed by atoms with E-state index < -0.39 is 5.60 Å². The minimum Gasteiger partial charge on any atom is -0.444 e. The molecule has 1 aliphatic rings. The molecule has 21 heavy (non-hydrogen) atoms. The summed E-state index contributed by atoms with van der Waals surface area (Å²) in [6.45, 7) is 9.94. The Morgan fingerprint density at radius 3 is 2.48 bits per heavy atom. The van der Waals surface area contributed by atoms with Crippen molar-refractivity contribution < 1.29 is 14.6 Å². The summed E-state index contributed by atoms with van der Waals surface area (Å²) >= 11 is 0. The number of aliphatic hydroxyl groups excluding tert-OH is 1. The van der Waals surface area contributed by atoms with Crippen molar-refractivity contribution in [1.29, 1.82) is 0 Å². The highest BCUT2D eigenvalue weighted by Crippen LogP contribution is 2.20. The third-order valence-electron chi connectivity index (χ3n) is 3.92. The number of hydrogen-bond donors (Lipinski definition) is 1. The summed E-state index contributed by atoms with van der Waals surface area (Å²) in [6, 6.07) is 0. The van der Waals surface area contributed by atoms with Gasteiger partial charge in [-0.2, -0.15) is 0 Å². The number of rotatable bonds is 6. The third-order valence-corrected chi connectivity index (χ3v) is 3.92. The number of ether oxygens (including phenoxy) is 1. The van der Waals surface area contributed by atoms with Crippen molar-refractivity contribution in [3.63, 3.8) is 0 Å². The Morgan fingerprint density at radius 1 is 1.33 bits per heavy atom. The number of nitrogens with zero attached hydrogens (tertiary/aromatic N) is 2. The van der Waals surface area contributed by atoms with Gasteiger partial charge in [0, 0.05) is 20.2 Å². The number of amides is 1. The molecule has 1 heterocycles. The smallest absolute Gasteiger partial charge is 0.410 e. The molecule has 5 nitrogen and oxygen atoms in total. The summed E-state index contributed by atoms with van der Waals surface area (Å²) in [5.74, 6) is 0.690. The molecule has 0 aromatic carbocycles. The van der Waals surface area contributed by atoms with Crippen LogP contribution in [0.25, 0.3) is 0 Å². The number of carbonyl (C=O) groups excluding carboxylic acids is 1. The fourth-order valence-electron chi connectivity index (χ4n) is 2.64. The molecule has 0 saturated carbocycles. The quantitative estimate of drug-likeness (QED) is 0.818. The average Bonchev–Trinajstić information content (AvgIpc) is 2.39. The second-order valence-electron chi connectivity index (χ2n) is 7.05. The van der Waals surface area contributed by atoms with Crippen molar-refractivity contribution in [3.8, 4) is 0 Å². The second-order valence-corrected chi connectivity index (χ2v) is 7.05. The summed E-state index contributed by atoms with van der Waals surface area (Å²) in [5.41, 5.74) is -0.431. The van der Waals surface area contributed by atoms with Crippen molar-refractivity contribution >= 4 is 6.09 Å². The molecule has 0 unspecified atom stereocenters. The van der Waals surface area contributed by atoms with Gasteiger partial charge >= 0.3 is 6.09 Å². The Kier molecular flexibility index (Phi) is 7.46. The lowest BCUT2D eigenvalue weighted by Crippen LogP contribution is -2.38. The van der Waals surface area contributed by atoms with Crippen molar-refractivity contribution in [2.45, 2.75) is 52.1 Å². The summed E-state index contributed by atoms with van der Waals surface area (Å²) in [5, 5.41) is 8.96. The van der Waals surface area contributed by atoms with Crippen LogP contribution in [0.3, 0.4) is 0 Å². The first-order chi connectivity index (χ1) is 9.81. The van der Waals surface area contributed by atoms with E-state index in [1.807, 2.05) is 20.8 Å². The average molecular weight is 300 g/mol. The number of aliphatic hydroxyl groups is 1. The standard InChI is InChI=1S/C16H32N2O3/c1-16(2,3)21-15(20)17(4)9-5-10-18-11-6-14(7-12-18)8-13-19/h14,19H,5-13H2,1-4H3. The molecule has 1 rings (SSSR count). The first-order valence-electron chi connectivity index (χ1n) is 8.09. The van der Waals surface area contributed by atoms with E-state index in [0.29, 0.717) is 12.5 Å². The molecule has 1 amide bonds. The van der Waals surface area contributed by atoms with E-state index in [1.165, 1.54) is 12.8 Å². The Balaban J connectivity index is 2.15. The minimum absolute atomic E-state index is 0.246. The SMILES string of the molecule is CN(CCCN1CCC(CCO)CC1)C(=O)OC(C)(C)C. The molecule has 0 aliphatic carbocycles. The normalized spacial score (nSPS) is 17.8. The highest BCUT2D eigenvalue weighted by Gasteiger charge is 2.21. The molecule has 5 heteroatoms. The summed E-state index contributed by atoms with van der Waals surface area (Å²) in [4.78, 5) is 15.9. The van der Waals surface area contributed by atoms with E-state index in [4.69, 9.17) is 9.84 Å². The molecule has 0 bridgehead atoms. The Morgan fingerprint density at radius 2 is 1.95 bits per heavy atom. The highest BCUT2D eigenvalue weighted by atomic mass is 16.6. The molecule has 1 aliphatic heterocycles. The zero-order valence-corrected chi connectivity index (χ0v) is 14.1. The predicted octanol–water partition coefficient (Wildman–Crippen LogP) is 2.34. The van der Waals surface area contributed by atoms with Gasteiger partial charge in [0.2, 0.25) is 0 Å². The number of carbonyl (C=O) groups is 1. The van der Waals surface area contributed by atoms with Crippen LogP contribution in [0.4, 0.5) is 4.79 Å². The van der Waals surface area contributed by atoms with Crippen LogP contribution in [0, 0.1) is 5.92 Å². The third kappa shape index (κ3) is 7.67. The minimum atomic E-state index is -0.431. The maximum atomic E-state index is 11.8. The molecule has 1 saturated heterocycles. The van der Waals surface area contributed by atoms with E-state index in [-0.39, 0.29) is 6.09 Å². The van der Waals surface area contributed by atoms with Crippen LogP contribution >= 0.6 is 0 Å². The van der Waals surface area contributed by atoms with Gasteiger partial charge in [-0.15, -0.1) is 0 Å². The Bertz CT molecular complexity index is 307. The number of piperidine rings is 1. The van der Waals surface area contributed by atoms with Crippen molar-refractivity contribution in [2.24, 2.45) is 5.92 Å². The molecule has 0 spiro atoms. The maximum Gasteiger partial charge on any atom is 0.410 e. The van der Waals surface area contributed by atoms with Gasteiger partial charge in [-0.1, -0.05) is 0 Å². The summed E-state index contributed by atoms with van der Waals surface area (Å²) in [7, 11) is 1.79. The lowest BCUT2D eigenvalue weighted by atomic mass is 9.94. The molecular formula is C16H32N2O3. The molecule has 0 aromatic heterocycles.